The van der Waals surface area contributed by atoms with E-state index in [1.807, 2.05) is 37.3 Å². The SMILES string of the molecule is Cc1ccccc1C(=O)NNNC(=O)Nc1ccccc1. The van der Waals surface area contributed by atoms with Crippen molar-refractivity contribution in [3.63, 3.8) is 0 Å². The van der Waals surface area contributed by atoms with Gasteiger partial charge >= 0.3 is 6.03 Å². The summed E-state index contributed by atoms with van der Waals surface area (Å²) in [7, 11) is 0. The maximum Gasteiger partial charge on any atom is 0.334 e. The predicted molar refractivity (Wildman–Crippen MR) is 80.4 cm³/mol. The monoisotopic (exact) mass is 284 g/mol. The standard InChI is InChI=1S/C15H16N4O2/c1-11-7-5-6-10-13(11)14(20)17-19-18-15(21)16-12-8-3-2-4-9-12/h2-10,19H,1H3,(H,17,20)(H2,16,18,21). The first-order valence-corrected chi connectivity index (χ1v) is 6.40. The van der Waals surface area contributed by atoms with Crippen molar-refractivity contribution < 1.29 is 9.59 Å². The molecule has 0 fully saturated rings. The fourth-order valence-electron chi connectivity index (χ4n) is 1.72. The van der Waals surface area contributed by atoms with Gasteiger partial charge in [-0.1, -0.05) is 36.4 Å². The zero-order valence-electron chi connectivity index (χ0n) is 11.5. The Morgan fingerprint density at radius 1 is 0.857 bits per heavy atom. The second-order valence-corrected chi connectivity index (χ2v) is 4.34. The molecule has 0 heterocycles. The number of urea groups is 1. The number of anilines is 1. The molecule has 6 nitrogen and oxygen atoms in total. The molecule has 0 spiro atoms. The van der Waals surface area contributed by atoms with E-state index in [0.29, 0.717) is 11.3 Å². The van der Waals surface area contributed by atoms with Crippen LogP contribution < -0.4 is 21.7 Å². The van der Waals surface area contributed by atoms with Gasteiger partial charge < -0.3 is 5.32 Å². The Morgan fingerprint density at radius 3 is 2.24 bits per heavy atom. The minimum Gasteiger partial charge on any atom is -0.307 e. The van der Waals surface area contributed by atoms with Crippen molar-refractivity contribution in [1.82, 2.24) is 16.4 Å². The summed E-state index contributed by atoms with van der Waals surface area (Å²) >= 11 is 0. The first kappa shape index (κ1) is 14.5. The van der Waals surface area contributed by atoms with Gasteiger partial charge in [0.2, 0.25) is 0 Å². The first-order valence-electron chi connectivity index (χ1n) is 6.40. The zero-order chi connectivity index (χ0) is 15.1. The largest absolute Gasteiger partial charge is 0.334 e. The minimum absolute atomic E-state index is 0.326. The normalized spacial score (nSPS) is 9.76. The van der Waals surface area contributed by atoms with Crippen LogP contribution in [0.15, 0.2) is 54.6 Å². The highest BCUT2D eigenvalue weighted by molar-refractivity contribution is 5.95. The molecule has 0 radical (unpaired) electrons. The molecule has 2 rings (SSSR count). The molecule has 0 aliphatic heterocycles. The predicted octanol–water partition coefficient (Wildman–Crippen LogP) is 1.97. The van der Waals surface area contributed by atoms with Gasteiger partial charge in [-0.25, -0.2) is 4.79 Å². The molecule has 21 heavy (non-hydrogen) atoms. The molecule has 0 atom stereocenters. The average molecular weight is 284 g/mol. The summed E-state index contributed by atoms with van der Waals surface area (Å²) in [6.45, 7) is 1.84. The molecule has 0 unspecified atom stereocenters. The summed E-state index contributed by atoms with van der Waals surface area (Å²) in [5.41, 5.74) is 9.13. The summed E-state index contributed by atoms with van der Waals surface area (Å²) < 4.78 is 0. The van der Waals surface area contributed by atoms with Crippen LogP contribution in [0.25, 0.3) is 0 Å². The third-order valence-corrected chi connectivity index (χ3v) is 2.77. The van der Waals surface area contributed by atoms with Crippen LogP contribution in [0, 0.1) is 6.92 Å². The first-order chi connectivity index (χ1) is 10.2. The van der Waals surface area contributed by atoms with Gasteiger partial charge in [-0.05, 0) is 30.7 Å². The van der Waals surface area contributed by atoms with Crippen LogP contribution in [0.1, 0.15) is 15.9 Å². The van der Waals surface area contributed by atoms with Gasteiger partial charge in [0.05, 0.1) is 0 Å². The van der Waals surface area contributed by atoms with Crippen LogP contribution in [-0.4, -0.2) is 11.9 Å². The number of rotatable bonds is 4. The second kappa shape index (κ2) is 7.06. The zero-order valence-corrected chi connectivity index (χ0v) is 11.5. The second-order valence-electron chi connectivity index (χ2n) is 4.34. The number of para-hydroxylation sites is 1. The number of hydrogen-bond donors (Lipinski definition) is 4. The van der Waals surface area contributed by atoms with E-state index in [9.17, 15) is 9.59 Å². The molecular formula is C15H16N4O2. The lowest BCUT2D eigenvalue weighted by Gasteiger charge is -2.11. The highest BCUT2D eigenvalue weighted by atomic mass is 16.2. The number of amides is 3. The van der Waals surface area contributed by atoms with Crippen molar-refractivity contribution >= 4 is 17.6 Å². The van der Waals surface area contributed by atoms with Crippen LogP contribution in [0.3, 0.4) is 0 Å². The molecule has 0 saturated carbocycles. The molecule has 0 aliphatic carbocycles. The van der Waals surface area contributed by atoms with Gasteiger partial charge in [-0.15, -0.1) is 5.53 Å². The van der Waals surface area contributed by atoms with Gasteiger partial charge in [0.15, 0.2) is 0 Å². The van der Waals surface area contributed by atoms with Gasteiger partial charge in [-0.3, -0.25) is 15.6 Å². The van der Waals surface area contributed by atoms with E-state index in [4.69, 9.17) is 0 Å². The van der Waals surface area contributed by atoms with E-state index >= 15 is 0 Å². The van der Waals surface area contributed by atoms with E-state index in [2.05, 4.69) is 21.7 Å². The number of nitrogens with one attached hydrogen (secondary N) is 4. The third-order valence-electron chi connectivity index (χ3n) is 2.77. The van der Waals surface area contributed by atoms with E-state index in [-0.39, 0.29) is 5.91 Å². The summed E-state index contributed by atoms with van der Waals surface area (Å²) in [5.74, 6) is -0.326. The number of carbonyl (C=O) groups excluding carboxylic acids is 2. The van der Waals surface area contributed by atoms with Crippen LogP contribution in [0.2, 0.25) is 0 Å². The van der Waals surface area contributed by atoms with Gasteiger partial charge in [0.25, 0.3) is 5.91 Å². The Labute approximate surface area is 122 Å². The molecule has 0 bridgehead atoms. The number of carbonyl (C=O) groups is 2. The molecule has 4 N–H and O–H groups in total. The van der Waals surface area contributed by atoms with Crippen LogP contribution in [-0.2, 0) is 0 Å². The Hall–Kier alpha value is -2.86. The van der Waals surface area contributed by atoms with Crippen molar-refractivity contribution in [3.05, 3.63) is 65.7 Å². The summed E-state index contributed by atoms with van der Waals surface area (Å²) in [4.78, 5) is 23.4. The molecule has 2 aromatic carbocycles. The van der Waals surface area contributed by atoms with Crippen molar-refractivity contribution in [2.45, 2.75) is 6.92 Å². The minimum atomic E-state index is -0.480. The molecule has 6 heteroatoms. The quantitative estimate of drug-likeness (QED) is 0.648. The fourth-order valence-corrected chi connectivity index (χ4v) is 1.72. The molecular weight excluding hydrogens is 268 g/mol. The van der Waals surface area contributed by atoms with E-state index in [0.717, 1.165) is 5.56 Å². The molecule has 2 aromatic rings. The summed E-state index contributed by atoms with van der Waals surface area (Å²) in [6, 6.07) is 15.7. The Kier molecular flexibility index (Phi) is 4.89. The van der Waals surface area contributed by atoms with Crippen molar-refractivity contribution in [2.24, 2.45) is 0 Å². The average Bonchev–Trinajstić information content (AvgIpc) is 2.48. The van der Waals surface area contributed by atoms with Crippen LogP contribution in [0.4, 0.5) is 10.5 Å². The number of aryl methyl sites for hydroxylation is 1. The maximum absolute atomic E-state index is 11.9. The molecule has 0 aliphatic rings. The van der Waals surface area contributed by atoms with Crippen LogP contribution in [0.5, 0.6) is 0 Å². The Morgan fingerprint density at radius 2 is 1.52 bits per heavy atom. The summed E-state index contributed by atoms with van der Waals surface area (Å²) in [5, 5.41) is 2.60. The third kappa shape index (κ3) is 4.32. The Balaban J connectivity index is 1.78. The van der Waals surface area contributed by atoms with E-state index in [1.54, 1.807) is 24.3 Å². The lowest BCUT2D eigenvalue weighted by molar-refractivity contribution is 0.0926. The maximum atomic E-state index is 11.9. The van der Waals surface area contributed by atoms with Crippen LogP contribution >= 0.6 is 0 Å². The van der Waals surface area contributed by atoms with Crippen molar-refractivity contribution in [2.75, 3.05) is 5.32 Å². The lowest BCUT2D eigenvalue weighted by atomic mass is 10.1. The van der Waals surface area contributed by atoms with Gasteiger partial charge in [0, 0.05) is 11.3 Å². The molecule has 108 valence electrons. The Bertz CT molecular complexity index is 629. The lowest BCUT2D eigenvalue weighted by Crippen LogP contribution is -2.50. The highest BCUT2D eigenvalue weighted by Crippen LogP contribution is 2.06. The highest BCUT2D eigenvalue weighted by Gasteiger charge is 2.07. The number of hydrazine groups is 2. The topological polar surface area (TPSA) is 82.3 Å². The van der Waals surface area contributed by atoms with E-state index < -0.39 is 6.03 Å². The fraction of sp³-hybridized carbons (Fsp3) is 0.0667. The summed E-state index contributed by atoms with van der Waals surface area (Å²) in [6.07, 6.45) is 0. The number of hydrogen-bond acceptors (Lipinski definition) is 3. The molecule has 0 saturated heterocycles. The van der Waals surface area contributed by atoms with Gasteiger partial charge in [0.1, 0.15) is 0 Å². The smallest absolute Gasteiger partial charge is 0.307 e. The molecule has 0 aromatic heterocycles. The van der Waals surface area contributed by atoms with E-state index in [1.165, 1.54) is 0 Å². The van der Waals surface area contributed by atoms with Crippen molar-refractivity contribution in [1.29, 1.82) is 0 Å². The van der Waals surface area contributed by atoms with Crippen molar-refractivity contribution in [3.8, 4) is 0 Å². The number of benzene rings is 2. The van der Waals surface area contributed by atoms with Gasteiger partial charge in [-0.2, -0.15) is 0 Å². The molecule has 3 amide bonds.